The molecule has 0 bridgehead atoms. The molecule has 2 aromatic heterocycles. The van der Waals surface area contributed by atoms with Crippen molar-refractivity contribution >= 4 is 21.6 Å². The lowest BCUT2D eigenvalue weighted by Crippen LogP contribution is -2.36. The number of halogens is 1. The van der Waals surface area contributed by atoms with Gasteiger partial charge in [0.1, 0.15) is 10.0 Å². The number of rotatable bonds is 5. The van der Waals surface area contributed by atoms with E-state index in [1.54, 1.807) is 24.4 Å². The summed E-state index contributed by atoms with van der Waals surface area (Å²) in [4.78, 5) is 8.02. The van der Waals surface area contributed by atoms with Gasteiger partial charge in [-0.3, -0.25) is 4.98 Å². The van der Waals surface area contributed by atoms with Crippen LogP contribution in [0, 0.1) is 0 Å². The van der Waals surface area contributed by atoms with Crippen LogP contribution in [0.25, 0.3) is 0 Å². The Bertz CT molecular complexity index is 705. The van der Waals surface area contributed by atoms with E-state index in [2.05, 4.69) is 9.97 Å². The Hall–Kier alpha value is -1.50. The van der Waals surface area contributed by atoms with Gasteiger partial charge in [0.2, 0.25) is 10.0 Å². The molecule has 0 radical (unpaired) electrons. The van der Waals surface area contributed by atoms with E-state index >= 15 is 0 Å². The minimum atomic E-state index is -3.73. The predicted octanol–water partition coefficient (Wildman–Crippen LogP) is 2.73. The lowest BCUT2D eigenvalue weighted by molar-refractivity contribution is 0.344. The highest BCUT2D eigenvalue weighted by Crippen LogP contribution is 2.25. The number of nitrogens with zero attached hydrogens (tertiary/aromatic N) is 3. The summed E-state index contributed by atoms with van der Waals surface area (Å²) in [6, 6.07) is 8.18. The molecule has 7 heteroatoms. The lowest BCUT2D eigenvalue weighted by Gasteiger charge is -2.25. The van der Waals surface area contributed by atoms with Gasteiger partial charge in [0.25, 0.3) is 0 Å². The maximum Gasteiger partial charge on any atom is 0.246 e. The van der Waals surface area contributed by atoms with Crippen LogP contribution in [-0.4, -0.2) is 28.7 Å². The summed E-state index contributed by atoms with van der Waals surface area (Å²) in [5.41, 5.74) is 0.676. The molecule has 0 spiro atoms. The molecule has 0 fully saturated rings. The molecule has 112 valence electrons. The van der Waals surface area contributed by atoms with Crippen molar-refractivity contribution in [2.24, 2.45) is 0 Å². The zero-order valence-electron chi connectivity index (χ0n) is 11.8. The molecular weight excluding hydrogens is 310 g/mol. The zero-order chi connectivity index (χ0) is 15.5. The molecule has 2 rings (SSSR count). The van der Waals surface area contributed by atoms with Gasteiger partial charge in [-0.2, -0.15) is 4.31 Å². The van der Waals surface area contributed by atoms with Gasteiger partial charge in [-0.25, -0.2) is 13.4 Å². The third kappa shape index (κ3) is 3.58. The number of sulfonamides is 1. The van der Waals surface area contributed by atoms with E-state index in [4.69, 9.17) is 11.6 Å². The molecule has 0 atom stereocenters. The van der Waals surface area contributed by atoms with E-state index in [0.29, 0.717) is 5.69 Å². The summed E-state index contributed by atoms with van der Waals surface area (Å²) in [5.74, 6) is 0. The van der Waals surface area contributed by atoms with E-state index in [0.717, 1.165) is 0 Å². The second-order valence-corrected chi connectivity index (χ2v) is 6.97. The van der Waals surface area contributed by atoms with Crippen LogP contribution in [-0.2, 0) is 16.6 Å². The van der Waals surface area contributed by atoms with E-state index in [1.807, 2.05) is 19.9 Å². The average Bonchev–Trinajstić information content (AvgIpc) is 2.45. The highest BCUT2D eigenvalue weighted by molar-refractivity contribution is 7.89. The summed E-state index contributed by atoms with van der Waals surface area (Å²) in [6.07, 6.45) is 3.09. The van der Waals surface area contributed by atoms with Crippen LogP contribution in [0.4, 0.5) is 0 Å². The van der Waals surface area contributed by atoms with Crippen molar-refractivity contribution in [3.8, 4) is 0 Å². The molecule has 0 N–H and O–H groups in total. The summed E-state index contributed by atoms with van der Waals surface area (Å²) < 4.78 is 26.9. The standard InChI is InChI=1S/C14H16ClN3O2S/c1-11(2)18(10-12-6-3-4-8-16-12)21(19,20)13-7-5-9-17-14(13)15/h3-9,11H,10H2,1-2H3. The largest absolute Gasteiger partial charge is 0.260 e. The molecule has 0 aliphatic heterocycles. The first-order valence-electron chi connectivity index (χ1n) is 6.45. The lowest BCUT2D eigenvalue weighted by atomic mass is 10.3. The van der Waals surface area contributed by atoms with Crippen LogP contribution in [0.3, 0.4) is 0 Å². The van der Waals surface area contributed by atoms with E-state index < -0.39 is 10.0 Å². The molecule has 2 heterocycles. The van der Waals surface area contributed by atoms with Crippen LogP contribution >= 0.6 is 11.6 Å². The quantitative estimate of drug-likeness (QED) is 0.793. The first-order chi connectivity index (χ1) is 9.93. The molecule has 0 saturated heterocycles. The van der Waals surface area contributed by atoms with Gasteiger partial charge in [-0.15, -0.1) is 0 Å². The maximum atomic E-state index is 12.8. The molecular formula is C14H16ClN3O2S. The van der Waals surface area contributed by atoms with Crippen molar-refractivity contribution in [1.82, 2.24) is 14.3 Å². The van der Waals surface area contributed by atoms with Crippen molar-refractivity contribution in [2.75, 3.05) is 0 Å². The van der Waals surface area contributed by atoms with Crippen LogP contribution < -0.4 is 0 Å². The highest BCUT2D eigenvalue weighted by atomic mass is 35.5. The van der Waals surface area contributed by atoms with Crippen LogP contribution in [0.1, 0.15) is 19.5 Å². The van der Waals surface area contributed by atoms with Gasteiger partial charge in [0.05, 0.1) is 12.2 Å². The van der Waals surface area contributed by atoms with Crippen molar-refractivity contribution in [3.05, 3.63) is 53.6 Å². The van der Waals surface area contributed by atoms with Crippen molar-refractivity contribution < 1.29 is 8.42 Å². The molecule has 0 unspecified atom stereocenters. The smallest absolute Gasteiger partial charge is 0.246 e. The van der Waals surface area contributed by atoms with Gasteiger partial charge in [-0.05, 0) is 38.1 Å². The van der Waals surface area contributed by atoms with Crippen molar-refractivity contribution in [3.63, 3.8) is 0 Å². The van der Waals surface area contributed by atoms with Crippen LogP contribution in [0.15, 0.2) is 47.6 Å². The number of pyridine rings is 2. The number of aromatic nitrogens is 2. The Morgan fingerprint density at radius 3 is 2.43 bits per heavy atom. The normalized spacial score (nSPS) is 12.0. The molecule has 0 amide bonds. The van der Waals surface area contributed by atoms with Crippen molar-refractivity contribution in [2.45, 2.75) is 31.3 Å². The second kappa shape index (κ2) is 6.51. The van der Waals surface area contributed by atoms with Crippen molar-refractivity contribution in [1.29, 1.82) is 0 Å². The topological polar surface area (TPSA) is 63.2 Å². The van der Waals surface area contributed by atoms with E-state index in [1.165, 1.54) is 16.6 Å². The fourth-order valence-electron chi connectivity index (χ4n) is 1.89. The Labute approximate surface area is 129 Å². The highest BCUT2D eigenvalue weighted by Gasteiger charge is 2.29. The fourth-order valence-corrected chi connectivity index (χ4v) is 3.92. The summed E-state index contributed by atoms with van der Waals surface area (Å²) in [5, 5.41) is -0.0239. The monoisotopic (exact) mass is 325 g/mol. The Morgan fingerprint density at radius 2 is 1.86 bits per heavy atom. The molecule has 0 aromatic carbocycles. The minimum absolute atomic E-state index is 0.0105. The molecule has 5 nitrogen and oxygen atoms in total. The maximum absolute atomic E-state index is 12.8. The first kappa shape index (κ1) is 15.9. The number of hydrogen-bond acceptors (Lipinski definition) is 4. The summed E-state index contributed by atoms with van der Waals surface area (Å²) in [6.45, 7) is 3.81. The minimum Gasteiger partial charge on any atom is -0.260 e. The summed E-state index contributed by atoms with van der Waals surface area (Å²) in [7, 11) is -3.73. The van der Waals surface area contributed by atoms with Crippen LogP contribution in [0.2, 0.25) is 5.15 Å². The van der Waals surface area contributed by atoms with Gasteiger partial charge in [0, 0.05) is 18.4 Å². The predicted molar refractivity (Wildman–Crippen MR) is 81.3 cm³/mol. The molecule has 0 aliphatic carbocycles. The SMILES string of the molecule is CC(C)N(Cc1ccccn1)S(=O)(=O)c1cccnc1Cl. The fraction of sp³-hybridized carbons (Fsp3) is 0.286. The van der Waals surface area contributed by atoms with Gasteiger partial charge >= 0.3 is 0 Å². The zero-order valence-corrected chi connectivity index (χ0v) is 13.3. The van der Waals surface area contributed by atoms with E-state index in [9.17, 15) is 8.42 Å². The van der Waals surface area contributed by atoms with Gasteiger partial charge in [-0.1, -0.05) is 17.7 Å². The van der Waals surface area contributed by atoms with E-state index in [-0.39, 0.29) is 22.6 Å². The average molecular weight is 326 g/mol. The van der Waals surface area contributed by atoms with Crippen LogP contribution in [0.5, 0.6) is 0 Å². The molecule has 21 heavy (non-hydrogen) atoms. The molecule has 0 aliphatic rings. The van der Waals surface area contributed by atoms with Gasteiger partial charge in [0.15, 0.2) is 0 Å². The third-order valence-electron chi connectivity index (χ3n) is 2.93. The molecule has 2 aromatic rings. The number of hydrogen-bond donors (Lipinski definition) is 0. The Kier molecular flexibility index (Phi) is 4.92. The Morgan fingerprint density at radius 1 is 1.14 bits per heavy atom. The second-order valence-electron chi connectivity index (χ2n) is 4.76. The third-order valence-corrected chi connectivity index (χ3v) is 5.40. The van der Waals surface area contributed by atoms with Gasteiger partial charge < -0.3 is 0 Å². The summed E-state index contributed by atoms with van der Waals surface area (Å²) >= 11 is 5.93. The molecule has 0 saturated carbocycles. The Balaban J connectivity index is 2.40. The first-order valence-corrected chi connectivity index (χ1v) is 8.27.